The minimum atomic E-state index is 0. The largest absolute Gasteiger partial charge is 0.357 e. The van der Waals surface area contributed by atoms with Gasteiger partial charge in [-0.15, -0.1) is 30.4 Å². The van der Waals surface area contributed by atoms with E-state index in [0.29, 0.717) is 6.54 Å². The molecule has 4 heteroatoms. The van der Waals surface area contributed by atoms with Gasteiger partial charge in [0.1, 0.15) is 0 Å². The molecule has 0 heterocycles. The van der Waals surface area contributed by atoms with Crippen LogP contribution in [0.1, 0.15) is 39.0 Å². The summed E-state index contributed by atoms with van der Waals surface area (Å²) in [5.41, 5.74) is 0. The van der Waals surface area contributed by atoms with Gasteiger partial charge in [0.2, 0.25) is 0 Å². The summed E-state index contributed by atoms with van der Waals surface area (Å²) in [7, 11) is 0. The third kappa shape index (κ3) is 4.87. The van der Waals surface area contributed by atoms with Crippen molar-refractivity contribution in [2.45, 2.75) is 39.0 Å². The molecule has 0 aliphatic heterocycles. The standard InChI is InChI=1S/C15H25N3.HI/c1-3-8-17-15(16-4-2)18-9-7-14-11-12-5-6-13(14)10-12;/h1,12-14H,4-11H2,2H3,(H2,16,17,18);1H. The Balaban J connectivity index is 0.00000180. The molecule has 0 aromatic rings. The average molecular weight is 375 g/mol. The van der Waals surface area contributed by atoms with Crippen molar-refractivity contribution >= 4 is 29.9 Å². The Labute approximate surface area is 134 Å². The SMILES string of the molecule is C#CCNC(=NCCC1CC2CCC1C2)NCC.I. The molecule has 0 amide bonds. The lowest BCUT2D eigenvalue weighted by atomic mass is 9.86. The van der Waals surface area contributed by atoms with Crippen LogP contribution in [0.4, 0.5) is 0 Å². The Morgan fingerprint density at radius 2 is 2.16 bits per heavy atom. The molecule has 2 rings (SSSR count). The van der Waals surface area contributed by atoms with Crippen LogP contribution in [0.3, 0.4) is 0 Å². The fourth-order valence-electron chi connectivity index (χ4n) is 3.55. The van der Waals surface area contributed by atoms with Crippen LogP contribution in [0.15, 0.2) is 4.99 Å². The fourth-order valence-corrected chi connectivity index (χ4v) is 3.55. The summed E-state index contributed by atoms with van der Waals surface area (Å²) >= 11 is 0. The van der Waals surface area contributed by atoms with Gasteiger partial charge in [0.15, 0.2) is 5.96 Å². The average Bonchev–Trinajstić information content (AvgIpc) is 2.98. The van der Waals surface area contributed by atoms with Gasteiger partial charge < -0.3 is 10.6 Å². The molecule has 2 N–H and O–H groups in total. The molecule has 108 valence electrons. The number of fused-ring (bicyclic) bond motifs is 2. The highest BCUT2D eigenvalue weighted by Gasteiger charge is 2.38. The van der Waals surface area contributed by atoms with Gasteiger partial charge in [0.05, 0.1) is 6.54 Å². The predicted octanol–water partition coefficient (Wildman–Crippen LogP) is 2.62. The van der Waals surface area contributed by atoms with E-state index in [2.05, 4.69) is 28.5 Å². The van der Waals surface area contributed by atoms with E-state index in [1.165, 1.54) is 32.1 Å². The van der Waals surface area contributed by atoms with E-state index in [0.717, 1.165) is 36.8 Å². The maximum Gasteiger partial charge on any atom is 0.192 e. The summed E-state index contributed by atoms with van der Waals surface area (Å²) in [6, 6.07) is 0. The number of nitrogens with zero attached hydrogens (tertiary/aromatic N) is 1. The topological polar surface area (TPSA) is 36.4 Å². The number of nitrogens with one attached hydrogen (secondary N) is 2. The fraction of sp³-hybridized carbons (Fsp3) is 0.800. The van der Waals surface area contributed by atoms with E-state index >= 15 is 0 Å². The van der Waals surface area contributed by atoms with Crippen molar-refractivity contribution in [2.75, 3.05) is 19.6 Å². The second-order valence-corrected chi connectivity index (χ2v) is 5.54. The molecule has 0 saturated heterocycles. The molecule has 2 bridgehead atoms. The quantitative estimate of drug-likeness (QED) is 0.336. The summed E-state index contributed by atoms with van der Waals surface area (Å²) in [6.07, 6.45) is 12.4. The van der Waals surface area contributed by atoms with Gasteiger partial charge in [0, 0.05) is 13.1 Å². The molecule has 2 aliphatic rings. The van der Waals surface area contributed by atoms with Crippen molar-refractivity contribution in [1.29, 1.82) is 0 Å². The lowest BCUT2D eigenvalue weighted by molar-refractivity contribution is 0.318. The molecule has 0 spiro atoms. The van der Waals surface area contributed by atoms with Crippen LogP contribution < -0.4 is 10.6 Å². The van der Waals surface area contributed by atoms with Crippen molar-refractivity contribution in [1.82, 2.24) is 10.6 Å². The summed E-state index contributed by atoms with van der Waals surface area (Å²) in [5, 5.41) is 6.35. The third-order valence-electron chi connectivity index (χ3n) is 4.36. The van der Waals surface area contributed by atoms with Gasteiger partial charge in [-0.2, -0.15) is 0 Å². The zero-order valence-electron chi connectivity index (χ0n) is 11.8. The van der Waals surface area contributed by atoms with Crippen molar-refractivity contribution in [2.24, 2.45) is 22.7 Å². The number of guanidine groups is 1. The molecule has 0 radical (unpaired) electrons. The Morgan fingerprint density at radius 1 is 1.32 bits per heavy atom. The van der Waals surface area contributed by atoms with E-state index in [9.17, 15) is 0 Å². The van der Waals surface area contributed by atoms with Gasteiger partial charge in [-0.25, -0.2) is 0 Å². The lowest BCUT2D eigenvalue weighted by Gasteiger charge is -2.20. The zero-order chi connectivity index (χ0) is 12.8. The summed E-state index contributed by atoms with van der Waals surface area (Å²) < 4.78 is 0. The van der Waals surface area contributed by atoms with Crippen LogP contribution in [0, 0.1) is 30.1 Å². The molecule has 2 fully saturated rings. The number of hydrogen-bond donors (Lipinski definition) is 2. The molecular weight excluding hydrogens is 349 g/mol. The van der Waals surface area contributed by atoms with Gasteiger partial charge in [-0.1, -0.05) is 12.3 Å². The van der Waals surface area contributed by atoms with Crippen molar-refractivity contribution < 1.29 is 0 Å². The normalized spacial score (nSPS) is 28.6. The maximum atomic E-state index is 5.25. The van der Waals surface area contributed by atoms with Gasteiger partial charge in [-0.05, 0) is 50.4 Å². The smallest absolute Gasteiger partial charge is 0.192 e. The van der Waals surface area contributed by atoms with Crippen LogP contribution in [0.5, 0.6) is 0 Å². The second kappa shape index (κ2) is 8.68. The van der Waals surface area contributed by atoms with E-state index in [1.54, 1.807) is 0 Å². The summed E-state index contributed by atoms with van der Waals surface area (Å²) in [6.45, 7) is 4.42. The van der Waals surface area contributed by atoms with Crippen molar-refractivity contribution in [3.05, 3.63) is 0 Å². The first-order chi connectivity index (χ1) is 8.83. The van der Waals surface area contributed by atoms with E-state index < -0.39 is 0 Å². The number of terminal acetylenes is 1. The van der Waals surface area contributed by atoms with Gasteiger partial charge >= 0.3 is 0 Å². The molecule has 2 saturated carbocycles. The number of aliphatic imine (C=N–C) groups is 1. The molecule has 3 nitrogen and oxygen atoms in total. The Bertz CT molecular complexity index is 335. The lowest BCUT2D eigenvalue weighted by Crippen LogP contribution is -2.37. The minimum Gasteiger partial charge on any atom is -0.357 e. The number of rotatable bonds is 5. The molecule has 0 aromatic carbocycles. The first kappa shape index (κ1) is 16.6. The summed E-state index contributed by atoms with van der Waals surface area (Å²) in [4.78, 5) is 4.60. The monoisotopic (exact) mass is 375 g/mol. The predicted molar refractivity (Wildman–Crippen MR) is 91.8 cm³/mol. The van der Waals surface area contributed by atoms with Crippen molar-refractivity contribution in [3.8, 4) is 12.3 Å². The first-order valence-electron chi connectivity index (χ1n) is 7.29. The molecule has 3 atom stereocenters. The van der Waals surface area contributed by atoms with Crippen LogP contribution in [-0.2, 0) is 0 Å². The van der Waals surface area contributed by atoms with Crippen LogP contribution in [0.25, 0.3) is 0 Å². The van der Waals surface area contributed by atoms with Crippen LogP contribution in [0.2, 0.25) is 0 Å². The number of hydrogen-bond acceptors (Lipinski definition) is 1. The van der Waals surface area contributed by atoms with Gasteiger partial charge in [0.25, 0.3) is 0 Å². The highest BCUT2D eigenvalue weighted by atomic mass is 127. The molecule has 2 aliphatic carbocycles. The second-order valence-electron chi connectivity index (χ2n) is 5.54. The van der Waals surface area contributed by atoms with Gasteiger partial charge in [-0.3, -0.25) is 4.99 Å². The number of halogens is 1. The highest BCUT2D eigenvalue weighted by molar-refractivity contribution is 14.0. The van der Waals surface area contributed by atoms with Crippen LogP contribution in [-0.4, -0.2) is 25.6 Å². The van der Waals surface area contributed by atoms with Crippen LogP contribution >= 0.6 is 24.0 Å². The molecule has 0 aromatic heterocycles. The Hall–Kier alpha value is -0.440. The minimum absolute atomic E-state index is 0. The molecule has 19 heavy (non-hydrogen) atoms. The molecule has 3 unspecified atom stereocenters. The van der Waals surface area contributed by atoms with E-state index in [1.807, 2.05) is 0 Å². The first-order valence-corrected chi connectivity index (χ1v) is 7.29. The Morgan fingerprint density at radius 3 is 2.74 bits per heavy atom. The zero-order valence-corrected chi connectivity index (χ0v) is 14.2. The molecular formula is C15H26IN3. The third-order valence-corrected chi connectivity index (χ3v) is 4.36. The van der Waals surface area contributed by atoms with Crippen molar-refractivity contribution in [3.63, 3.8) is 0 Å². The highest BCUT2D eigenvalue weighted by Crippen LogP contribution is 2.49. The maximum absolute atomic E-state index is 5.25. The van der Waals surface area contributed by atoms with E-state index in [4.69, 9.17) is 6.42 Å². The van der Waals surface area contributed by atoms with E-state index in [-0.39, 0.29) is 24.0 Å². The summed E-state index contributed by atoms with van der Waals surface area (Å²) in [5.74, 6) is 6.42. The Kier molecular flexibility index (Phi) is 7.59.